The zero-order valence-corrected chi connectivity index (χ0v) is 15.6. The maximum atomic E-state index is 12.8. The summed E-state index contributed by atoms with van der Waals surface area (Å²) in [5, 5.41) is 12.9. The van der Waals surface area contributed by atoms with Gasteiger partial charge in [-0.15, -0.1) is 16.4 Å². The smallest absolute Gasteiger partial charge is 0.265 e. The summed E-state index contributed by atoms with van der Waals surface area (Å²) < 4.78 is 12.1. The molecule has 0 aliphatic heterocycles. The molecule has 1 amide bonds. The van der Waals surface area contributed by atoms with E-state index in [1.54, 1.807) is 26.2 Å². The van der Waals surface area contributed by atoms with Crippen molar-refractivity contribution >= 4 is 17.2 Å². The van der Waals surface area contributed by atoms with Gasteiger partial charge in [0.2, 0.25) is 0 Å². The summed E-state index contributed by atoms with van der Waals surface area (Å²) in [6, 6.07) is 7.59. The van der Waals surface area contributed by atoms with Crippen LogP contribution in [0.3, 0.4) is 0 Å². The first-order chi connectivity index (χ1) is 12.6. The number of aromatic nitrogens is 4. The second-order valence-corrected chi connectivity index (χ2v) is 6.47. The normalized spacial score (nSPS) is 10.6. The number of tetrazole rings is 1. The predicted octanol–water partition coefficient (Wildman–Crippen LogP) is 2.06. The molecule has 0 unspecified atom stereocenters. The molecule has 0 fully saturated rings. The van der Waals surface area contributed by atoms with Gasteiger partial charge in [-0.2, -0.15) is 4.68 Å². The molecule has 0 saturated carbocycles. The molecule has 0 aliphatic rings. The topological polar surface area (TPSA) is 82.4 Å². The molecule has 0 atom stereocenters. The highest BCUT2D eigenvalue weighted by Gasteiger charge is 2.19. The molecule has 8 nitrogen and oxygen atoms in total. The lowest BCUT2D eigenvalue weighted by molar-refractivity contribution is 0.0801. The maximum Gasteiger partial charge on any atom is 0.265 e. The van der Waals surface area contributed by atoms with Gasteiger partial charge < -0.3 is 14.4 Å². The van der Waals surface area contributed by atoms with Crippen LogP contribution in [0.1, 0.15) is 15.2 Å². The summed E-state index contributed by atoms with van der Waals surface area (Å²) in [4.78, 5) is 15.1. The summed E-state index contributed by atoms with van der Waals surface area (Å²) in [6.07, 6.45) is 2.18. The van der Waals surface area contributed by atoms with Crippen molar-refractivity contribution in [1.82, 2.24) is 25.1 Å². The van der Waals surface area contributed by atoms with Crippen LogP contribution in [0.25, 0.3) is 5.69 Å². The van der Waals surface area contributed by atoms with Crippen LogP contribution in [0.4, 0.5) is 0 Å². The lowest BCUT2D eigenvalue weighted by Gasteiger charge is -2.17. The summed E-state index contributed by atoms with van der Waals surface area (Å²) in [5.41, 5.74) is 1.75. The lowest BCUT2D eigenvalue weighted by atomic mass is 10.1. The molecule has 3 aromatic rings. The van der Waals surface area contributed by atoms with Gasteiger partial charge in [-0.25, -0.2) is 0 Å². The average Bonchev–Trinajstić information content (AvgIpc) is 3.36. The fraction of sp³-hybridized carbons (Fsp3) is 0.294. The number of likely N-dealkylation sites (N-methyl/N-ethyl adjacent to an activating group) is 1. The molecule has 0 radical (unpaired) electrons. The van der Waals surface area contributed by atoms with Crippen molar-refractivity contribution in [3.8, 4) is 17.2 Å². The number of amides is 1. The summed E-state index contributed by atoms with van der Waals surface area (Å²) in [7, 11) is 4.99. The first kappa shape index (κ1) is 17.9. The van der Waals surface area contributed by atoms with E-state index < -0.39 is 0 Å². The number of ether oxygens (including phenoxy) is 2. The van der Waals surface area contributed by atoms with Gasteiger partial charge in [0.15, 0.2) is 11.5 Å². The third kappa shape index (κ3) is 3.67. The van der Waals surface area contributed by atoms with Crippen molar-refractivity contribution in [2.24, 2.45) is 0 Å². The van der Waals surface area contributed by atoms with Crippen molar-refractivity contribution in [2.45, 2.75) is 6.42 Å². The van der Waals surface area contributed by atoms with E-state index in [9.17, 15) is 4.79 Å². The number of rotatable bonds is 7. The molecule has 1 aromatic carbocycles. The van der Waals surface area contributed by atoms with Crippen LogP contribution in [0.5, 0.6) is 11.5 Å². The zero-order valence-electron chi connectivity index (χ0n) is 14.7. The zero-order chi connectivity index (χ0) is 18.5. The van der Waals surface area contributed by atoms with Gasteiger partial charge in [-0.05, 0) is 46.0 Å². The SMILES string of the molecule is COc1ccc(CCN(C)C(=O)c2sccc2-n2cnnn2)cc1OC. The fourth-order valence-electron chi connectivity index (χ4n) is 2.52. The summed E-state index contributed by atoms with van der Waals surface area (Å²) >= 11 is 1.37. The second kappa shape index (κ2) is 7.96. The van der Waals surface area contributed by atoms with Gasteiger partial charge >= 0.3 is 0 Å². The standard InChI is InChI=1S/C17H19N5O3S/c1-21(8-6-12-4-5-14(24-2)15(10-12)25-3)17(23)16-13(7-9-26-16)22-11-18-19-20-22/h4-5,7,9-11H,6,8H2,1-3H3. The van der Waals surface area contributed by atoms with Crippen LogP contribution in [0, 0.1) is 0 Å². The average molecular weight is 373 g/mol. The Morgan fingerprint density at radius 1 is 1.23 bits per heavy atom. The van der Waals surface area contributed by atoms with Gasteiger partial charge in [-0.3, -0.25) is 4.79 Å². The third-order valence-corrected chi connectivity index (χ3v) is 4.86. The first-order valence-electron chi connectivity index (χ1n) is 7.91. The van der Waals surface area contributed by atoms with E-state index in [-0.39, 0.29) is 5.91 Å². The fourth-order valence-corrected chi connectivity index (χ4v) is 3.39. The largest absolute Gasteiger partial charge is 0.493 e. The molecule has 0 bridgehead atoms. The van der Waals surface area contributed by atoms with E-state index in [0.717, 1.165) is 5.56 Å². The molecule has 2 aromatic heterocycles. The van der Waals surface area contributed by atoms with Gasteiger partial charge in [0.05, 0.1) is 19.9 Å². The third-order valence-electron chi connectivity index (χ3n) is 3.97. The minimum atomic E-state index is -0.0639. The van der Waals surface area contributed by atoms with Crippen LogP contribution in [-0.2, 0) is 6.42 Å². The monoisotopic (exact) mass is 373 g/mol. The number of thiophene rings is 1. The molecule has 26 heavy (non-hydrogen) atoms. The highest BCUT2D eigenvalue weighted by atomic mass is 32.1. The highest BCUT2D eigenvalue weighted by molar-refractivity contribution is 7.12. The lowest BCUT2D eigenvalue weighted by Crippen LogP contribution is -2.29. The van der Waals surface area contributed by atoms with Crippen LogP contribution in [0.15, 0.2) is 36.0 Å². The summed E-state index contributed by atoms with van der Waals surface area (Å²) in [6.45, 7) is 0.571. The van der Waals surface area contributed by atoms with Crippen LogP contribution < -0.4 is 9.47 Å². The van der Waals surface area contributed by atoms with E-state index in [4.69, 9.17) is 9.47 Å². The first-order valence-corrected chi connectivity index (χ1v) is 8.79. The number of methoxy groups -OCH3 is 2. The molecule has 0 spiro atoms. The van der Waals surface area contributed by atoms with E-state index in [1.165, 1.54) is 22.3 Å². The van der Waals surface area contributed by atoms with Crippen molar-refractivity contribution in [3.05, 3.63) is 46.4 Å². The van der Waals surface area contributed by atoms with Crippen molar-refractivity contribution in [1.29, 1.82) is 0 Å². The second-order valence-electron chi connectivity index (χ2n) is 5.56. The molecule has 0 aliphatic carbocycles. The Labute approximate surface area is 155 Å². The predicted molar refractivity (Wildman–Crippen MR) is 97.2 cm³/mol. The van der Waals surface area contributed by atoms with E-state index in [2.05, 4.69) is 15.5 Å². The molecule has 9 heteroatoms. The molecule has 136 valence electrons. The Hall–Kier alpha value is -2.94. The number of hydrogen-bond donors (Lipinski definition) is 0. The Bertz CT molecular complexity index is 878. The number of carbonyl (C=O) groups excluding carboxylic acids is 1. The Morgan fingerprint density at radius 2 is 2.04 bits per heavy atom. The molecule has 0 saturated heterocycles. The minimum Gasteiger partial charge on any atom is -0.493 e. The van der Waals surface area contributed by atoms with Crippen LogP contribution >= 0.6 is 11.3 Å². The quantitative estimate of drug-likeness (QED) is 0.630. The molecular weight excluding hydrogens is 354 g/mol. The molecular formula is C17H19N5O3S. The minimum absolute atomic E-state index is 0.0639. The van der Waals surface area contributed by atoms with Gasteiger partial charge in [0.25, 0.3) is 5.91 Å². The summed E-state index contributed by atoms with van der Waals surface area (Å²) in [5.74, 6) is 1.30. The van der Waals surface area contributed by atoms with Gasteiger partial charge in [0.1, 0.15) is 11.2 Å². The Morgan fingerprint density at radius 3 is 2.73 bits per heavy atom. The number of nitrogens with zero attached hydrogens (tertiary/aromatic N) is 5. The van der Waals surface area contributed by atoms with E-state index >= 15 is 0 Å². The molecule has 2 heterocycles. The number of hydrogen-bond acceptors (Lipinski definition) is 7. The molecule has 3 rings (SSSR count). The molecule has 0 N–H and O–H groups in total. The number of carbonyl (C=O) groups is 1. The Kier molecular flexibility index (Phi) is 5.47. The van der Waals surface area contributed by atoms with Crippen LogP contribution in [0.2, 0.25) is 0 Å². The van der Waals surface area contributed by atoms with Gasteiger partial charge in [-0.1, -0.05) is 6.07 Å². The van der Waals surface area contributed by atoms with Crippen molar-refractivity contribution in [3.63, 3.8) is 0 Å². The van der Waals surface area contributed by atoms with Crippen LogP contribution in [-0.4, -0.2) is 58.8 Å². The van der Waals surface area contributed by atoms with Crippen molar-refractivity contribution < 1.29 is 14.3 Å². The maximum absolute atomic E-state index is 12.8. The van der Waals surface area contributed by atoms with E-state index in [1.807, 2.05) is 29.6 Å². The van der Waals surface area contributed by atoms with Crippen molar-refractivity contribution in [2.75, 3.05) is 27.8 Å². The number of benzene rings is 1. The van der Waals surface area contributed by atoms with Gasteiger partial charge in [0, 0.05) is 13.6 Å². The Balaban J connectivity index is 1.68. The highest BCUT2D eigenvalue weighted by Crippen LogP contribution is 2.28. The van der Waals surface area contributed by atoms with E-state index in [0.29, 0.717) is 35.0 Å².